The molecule has 43 heavy (non-hydrogen) atoms. The standard InChI is InChI=1S/C30H32F3N7O3/c1-18-14-24(30(31,32)33)39-40(18)23-10-5-20(6-11-23)15-34-27-22(7-4-19(2)41)16-35-28(38-27)25-26(21-8-9-21)36-17-37-29(25)43-13-12-42-3/h4-7,10-11,14,16-17,19,21,41H,8-9,12-13,15H2,1-3H3,(H,34,35,38)/b7-4+. The van der Waals surface area contributed by atoms with Gasteiger partial charge < -0.3 is 19.9 Å². The molecule has 3 heterocycles. The highest BCUT2D eigenvalue weighted by atomic mass is 19.4. The number of hydrogen-bond donors (Lipinski definition) is 2. The minimum absolute atomic E-state index is 0.279. The van der Waals surface area contributed by atoms with Crippen molar-refractivity contribution < 1.29 is 27.8 Å². The first kappa shape index (κ1) is 30.1. The van der Waals surface area contributed by atoms with Gasteiger partial charge in [0.05, 0.1) is 24.1 Å². The van der Waals surface area contributed by atoms with E-state index in [2.05, 4.69) is 25.4 Å². The highest BCUT2D eigenvalue weighted by Crippen LogP contribution is 2.45. The summed E-state index contributed by atoms with van der Waals surface area (Å²) in [5.74, 6) is 1.57. The van der Waals surface area contributed by atoms with Gasteiger partial charge in [0.25, 0.3) is 0 Å². The molecular weight excluding hydrogens is 563 g/mol. The molecule has 2 N–H and O–H groups in total. The fraction of sp³-hybridized carbons (Fsp3) is 0.367. The van der Waals surface area contributed by atoms with E-state index < -0.39 is 18.0 Å². The molecule has 0 saturated heterocycles. The van der Waals surface area contributed by atoms with Crippen LogP contribution < -0.4 is 10.1 Å². The summed E-state index contributed by atoms with van der Waals surface area (Å²) < 4.78 is 51.6. The number of aryl methyl sites for hydroxylation is 1. The van der Waals surface area contributed by atoms with Crippen molar-refractivity contribution in [1.29, 1.82) is 0 Å². The van der Waals surface area contributed by atoms with Crippen molar-refractivity contribution in [2.24, 2.45) is 0 Å². The van der Waals surface area contributed by atoms with Gasteiger partial charge in [0, 0.05) is 37.0 Å². The maximum absolute atomic E-state index is 13.1. The van der Waals surface area contributed by atoms with E-state index in [1.54, 1.807) is 51.4 Å². The zero-order valence-corrected chi connectivity index (χ0v) is 24.0. The molecule has 1 aliphatic rings. The maximum atomic E-state index is 13.1. The van der Waals surface area contributed by atoms with Crippen LogP contribution in [0, 0.1) is 6.92 Å². The van der Waals surface area contributed by atoms with Crippen LogP contribution in [0.3, 0.4) is 0 Å². The van der Waals surface area contributed by atoms with Crippen molar-refractivity contribution >= 4 is 11.9 Å². The Bertz CT molecular complexity index is 1580. The Morgan fingerprint density at radius 3 is 2.56 bits per heavy atom. The third kappa shape index (κ3) is 7.35. The maximum Gasteiger partial charge on any atom is 0.435 e. The molecule has 4 aromatic rings. The number of halogens is 3. The summed E-state index contributed by atoms with van der Waals surface area (Å²) in [6, 6.07) is 8.06. The van der Waals surface area contributed by atoms with Gasteiger partial charge in [-0.05, 0) is 50.5 Å². The molecule has 1 saturated carbocycles. The first-order valence-electron chi connectivity index (χ1n) is 13.8. The van der Waals surface area contributed by atoms with E-state index in [-0.39, 0.29) is 5.92 Å². The molecule has 5 rings (SSSR count). The second kappa shape index (κ2) is 12.9. The highest BCUT2D eigenvalue weighted by molar-refractivity contribution is 5.70. The molecule has 1 aromatic carbocycles. The van der Waals surface area contributed by atoms with E-state index in [4.69, 9.17) is 14.5 Å². The quantitative estimate of drug-likeness (QED) is 0.209. The summed E-state index contributed by atoms with van der Waals surface area (Å²) in [5, 5.41) is 16.9. The lowest BCUT2D eigenvalue weighted by Crippen LogP contribution is -2.10. The lowest BCUT2D eigenvalue weighted by Gasteiger charge is -2.15. The number of anilines is 1. The third-order valence-electron chi connectivity index (χ3n) is 6.75. The smallest absolute Gasteiger partial charge is 0.435 e. The molecule has 1 aliphatic carbocycles. The van der Waals surface area contributed by atoms with Crippen molar-refractivity contribution in [3.63, 3.8) is 0 Å². The molecule has 0 aliphatic heterocycles. The van der Waals surface area contributed by atoms with Gasteiger partial charge in [-0.1, -0.05) is 24.3 Å². The number of aromatic nitrogens is 6. The Hall–Kier alpha value is -4.36. The van der Waals surface area contributed by atoms with E-state index in [1.165, 1.54) is 11.0 Å². The number of benzene rings is 1. The summed E-state index contributed by atoms with van der Waals surface area (Å²) in [6.45, 7) is 4.27. The van der Waals surface area contributed by atoms with Gasteiger partial charge in [0.15, 0.2) is 11.5 Å². The van der Waals surface area contributed by atoms with Crippen LogP contribution in [-0.2, 0) is 17.5 Å². The van der Waals surface area contributed by atoms with Gasteiger partial charge in [-0.15, -0.1) is 0 Å². The molecule has 0 radical (unpaired) electrons. The molecule has 3 aromatic heterocycles. The summed E-state index contributed by atoms with van der Waals surface area (Å²) in [4.78, 5) is 18.3. The molecule has 226 valence electrons. The molecule has 10 nitrogen and oxygen atoms in total. The lowest BCUT2D eigenvalue weighted by atomic mass is 10.1. The van der Waals surface area contributed by atoms with Gasteiger partial charge in [0.1, 0.15) is 24.3 Å². The molecule has 1 fully saturated rings. The van der Waals surface area contributed by atoms with Crippen LogP contribution in [0.4, 0.5) is 19.0 Å². The first-order chi connectivity index (χ1) is 20.6. The fourth-order valence-electron chi connectivity index (χ4n) is 4.42. The normalized spacial score (nSPS) is 14.3. The number of nitrogens with one attached hydrogen (secondary N) is 1. The molecule has 0 amide bonds. The van der Waals surface area contributed by atoms with Gasteiger partial charge in [-0.25, -0.2) is 24.6 Å². The van der Waals surface area contributed by atoms with Crippen LogP contribution >= 0.6 is 0 Å². The number of aliphatic hydroxyl groups excluding tert-OH is 1. The summed E-state index contributed by atoms with van der Waals surface area (Å²) >= 11 is 0. The minimum atomic E-state index is -4.52. The van der Waals surface area contributed by atoms with E-state index in [0.717, 1.165) is 30.2 Å². The summed E-state index contributed by atoms with van der Waals surface area (Å²) in [6.07, 6.45) is 3.33. The number of rotatable bonds is 12. The van der Waals surface area contributed by atoms with Crippen LogP contribution in [0.5, 0.6) is 5.88 Å². The summed E-state index contributed by atoms with van der Waals surface area (Å²) in [7, 11) is 1.59. The Morgan fingerprint density at radius 1 is 1.14 bits per heavy atom. The predicted octanol–water partition coefficient (Wildman–Crippen LogP) is 5.36. The van der Waals surface area contributed by atoms with Crippen molar-refractivity contribution in [2.45, 2.75) is 51.4 Å². The largest absolute Gasteiger partial charge is 0.475 e. The number of hydrogen-bond acceptors (Lipinski definition) is 9. The van der Waals surface area contributed by atoms with Crippen LogP contribution in [0.2, 0.25) is 0 Å². The average molecular weight is 596 g/mol. The molecular formula is C30H32F3N7O3. The number of nitrogens with zero attached hydrogens (tertiary/aromatic N) is 6. The Balaban J connectivity index is 1.42. The van der Waals surface area contributed by atoms with Gasteiger partial charge in [-0.3, -0.25) is 0 Å². The second-order valence-corrected chi connectivity index (χ2v) is 10.3. The first-order valence-corrected chi connectivity index (χ1v) is 13.8. The van der Waals surface area contributed by atoms with Gasteiger partial charge in [-0.2, -0.15) is 18.3 Å². The number of alkyl halides is 3. The molecule has 1 atom stereocenters. The van der Waals surface area contributed by atoms with Crippen LogP contribution in [0.25, 0.3) is 23.2 Å². The van der Waals surface area contributed by atoms with Crippen molar-refractivity contribution in [1.82, 2.24) is 29.7 Å². The SMILES string of the molecule is COCCOc1ncnc(C2CC2)c1-c1ncc(/C=C/C(C)O)c(NCc2ccc(-n3nc(C(F)(F)F)cc3C)cc2)n1. The van der Waals surface area contributed by atoms with Crippen molar-refractivity contribution in [3.05, 3.63) is 77.1 Å². The molecule has 1 unspecified atom stereocenters. The zero-order valence-electron chi connectivity index (χ0n) is 24.0. The Kier molecular flexibility index (Phi) is 9.02. The lowest BCUT2D eigenvalue weighted by molar-refractivity contribution is -0.141. The number of methoxy groups -OCH3 is 1. The van der Waals surface area contributed by atoms with E-state index in [0.29, 0.717) is 59.8 Å². The van der Waals surface area contributed by atoms with E-state index in [9.17, 15) is 18.3 Å². The molecule has 13 heteroatoms. The highest BCUT2D eigenvalue weighted by Gasteiger charge is 2.34. The molecule has 0 bridgehead atoms. The van der Waals surface area contributed by atoms with Gasteiger partial charge in [0.2, 0.25) is 5.88 Å². The number of aliphatic hydroxyl groups is 1. The zero-order chi connectivity index (χ0) is 30.6. The van der Waals surface area contributed by atoms with E-state index >= 15 is 0 Å². The van der Waals surface area contributed by atoms with Crippen LogP contribution in [-0.4, -0.2) is 61.3 Å². The van der Waals surface area contributed by atoms with Crippen LogP contribution in [0.15, 0.2) is 48.9 Å². The topological polar surface area (TPSA) is 120 Å². The van der Waals surface area contributed by atoms with Gasteiger partial charge >= 0.3 is 6.18 Å². The predicted molar refractivity (Wildman–Crippen MR) is 154 cm³/mol. The van der Waals surface area contributed by atoms with Crippen molar-refractivity contribution in [2.75, 3.05) is 25.6 Å². The average Bonchev–Trinajstić information content (AvgIpc) is 3.75. The second-order valence-electron chi connectivity index (χ2n) is 10.3. The van der Waals surface area contributed by atoms with Crippen molar-refractivity contribution in [3.8, 4) is 23.0 Å². The van der Waals surface area contributed by atoms with Crippen LogP contribution in [0.1, 0.15) is 53.9 Å². The third-order valence-corrected chi connectivity index (χ3v) is 6.75. The Morgan fingerprint density at radius 2 is 1.91 bits per heavy atom. The minimum Gasteiger partial charge on any atom is -0.475 e. The summed E-state index contributed by atoms with van der Waals surface area (Å²) in [5.41, 5.74) is 2.93. The number of ether oxygens (including phenoxy) is 2. The Labute approximate surface area is 246 Å². The molecule has 0 spiro atoms. The fourth-order valence-corrected chi connectivity index (χ4v) is 4.42. The monoisotopic (exact) mass is 595 g/mol. The van der Waals surface area contributed by atoms with E-state index in [1.807, 2.05) is 12.1 Å².